The maximum absolute atomic E-state index is 12.6. The highest BCUT2D eigenvalue weighted by atomic mass is 16.5. The van der Waals surface area contributed by atoms with Gasteiger partial charge in [-0.3, -0.25) is 9.78 Å². The van der Waals surface area contributed by atoms with Crippen LogP contribution in [-0.4, -0.2) is 50.0 Å². The number of aromatic nitrogens is 4. The fourth-order valence-electron chi connectivity index (χ4n) is 2.83. The van der Waals surface area contributed by atoms with Crippen molar-refractivity contribution in [3.63, 3.8) is 0 Å². The number of ether oxygens (including phenoxy) is 1. The predicted octanol–water partition coefficient (Wildman–Crippen LogP) is 1.96. The molecule has 4 rings (SSSR count). The molecule has 0 aliphatic carbocycles. The van der Waals surface area contributed by atoms with Gasteiger partial charge in [-0.25, -0.2) is 0 Å². The number of rotatable bonds is 4. The number of nitrogens with zero attached hydrogens (tertiary/aromatic N) is 5. The highest BCUT2D eigenvalue weighted by Crippen LogP contribution is 2.19. The first-order valence-electron chi connectivity index (χ1n) is 8.13. The van der Waals surface area contributed by atoms with E-state index in [1.807, 2.05) is 42.5 Å². The van der Waals surface area contributed by atoms with Gasteiger partial charge in [0.15, 0.2) is 5.69 Å². The highest BCUT2D eigenvalue weighted by molar-refractivity contribution is 5.92. The van der Waals surface area contributed by atoms with E-state index in [1.165, 1.54) is 11.0 Å². The number of para-hydroxylation sites is 1. The smallest absolute Gasteiger partial charge is 0.276 e. The van der Waals surface area contributed by atoms with Gasteiger partial charge in [-0.2, -0.15) is 9.90 Å². The van der Waals surface area contributed by atoms with Crippen molar-refractivity contribution < 1.29 is 9.53 Å². The van der Waals surface area contributed by atoms with Gasteiger partial charge >= 0.3 is 0 Å². The van der Waals surface area contributed by atoms with Gasteiger partial charge in [0.2, 0.25) is 0 Å². The normalized spacial score (nSPS) is 16.8. The standard InChI is InChI=1S/C18H17N5O2/c24-18(17-12-20-23(21-17)14-4-2-1-3-5-14)22-11-8-16(13-22)25-15-6-9-19-10-7-15/h1-7,9-10,12,16H,8,11,13H2/t16-/m0/s1. The molecule has 1 amide bonds. The summed E-state index contributed by atoms with van der Waals surface area (Å²) in [6, 6.07) is 13.1. The largest absolute Gasteiger partial charge is 0.488 e. The van der Waals surface area contributed by atoms with E-state index in [9.17, 15) is 4.79 Å². The zero-order chi connectivity index (χ0) is 17.1. The van der Waals surface area contributed by atoms with Gasteiger partial charge in [-0.15, -0.1) is 5.10 Å². The molecular weight excluding hydrogens is 318 g/mol. The Balaban J connectivity index is 1.41. The van der Waals surface area contributed by atoms with Crippen molar-refractivity contribution in [2.45, 2.75) is 12.5 Å². The number of carbonyl (C=O) groups is 1. The number of hydrogen-bond acceptors (Lipinski definition) is 5. The van der Waals surface area contributed by atoms with Crippen molar-refractivity contribution in [1.82, 2.24) is 24.9 Å². The summed E-state index contributed by atoms with van der Waals surface area (Å²) >= 11 is 0. The van der Waals surface area contributed by atoms with Crippen molar-refractivity contribution in [2.24, 2.45) is 0 Å². The predicted molar refractivity (Wildman–Crippen MR) is 90.5 cm³/mol. The molecule has 126 valence electrons. The average Bonchev–Trinajstić information content (AvgIpc) is 3.33. The first-order chi connectivity index (χ1) is 12.3. The van der Waals surface area contributed by atoms with Crippen LogP contribution in [0.5, 0.6) is 5.75 Å². The SMILES string of the molecule is O=C(c1cnn(-c2ccccc2)n1)N1CC[C@H](Oc2ccncc2)C1. The van der Waals surface area contributed by atoms with E-state index in [0.29, 0.717) is 18.8 Å². The van der Waals surface area contributed by atoms with Gasteiger partial charge in [-0.05, 0) is 24.3 Å². The molecule has 1 aliphatic heterocycles. The van der Waals surface area contributed by atoms with Crippen molar-refractivity contribution in [2.75, 3.05) is 13.1 Å². The summed E-state index contributed by atoms with van der Waals surface area (Å²) in [5.41, 5.74) is 1.16. The summed E-state index contributed by atoms with van der Waals surface area (Å²) in [6.07, 6.45) is 5.66. The lowest BCUT2D eigenvalue weighted by molar-refractivity contribution is 0.0766. The fourth-order valence-corrected chi connectivity index (χ4v) is 2.83. The van der Waals surface area contributed by atoms with Crippen LogP contribution in [0.1, 0.15) is 16.9 Å². The van der Waals surface area contributed by atoms with Crippen molar-refractivity contribution >= 4 is 5.91 Å². The molecule has 3 aromatic rings. The van der Waals surface area contributed by atoms with Gasteiger partial charge in [0.05, 0.1) is 18.4 Å². The van der Waals surface area contributed by atoms with E-state index in [1.54, 1.807) is 17.3 Å². The molecule has 0 radical (unpaired) electrons. The van der Waals surface area contributed by atoms with Crippen LogP contribution >= 0.6 is 0 Å². The Morgan fingerprint density at radius 3 is 2.72 bits per heavy atom. The first kappa shape index (κ1) is 15.3. The van der Waals surface area contributed by atoms with E-state index in [-0.39, 0.29) is 12.0 Å². The average molecular weight is 335 g/mol. The number of hydrogen-bond donors (Lipinski definition) is 0. The number of carbonyl (C=O) groups excluding carboxylic acids is 1. The van der Waals surface area contributed by atoms with Crippen LogP contribution in [0.15, 0.2) is 61.1 Å². The topological polar surface area (TPSA) is 73.1 Å². The molecule has 1 fully saturated rings. The van der Waals surface area contributed by atoms with E-state index < -0.39 is 0 Å². The monoisotopic (exact) mass is 335 g/mol. The molecule has 1 atom stereocenters. The third-order valence-electron chi connectivity index (χ3n) is 4.08. The van der Waals surface area contributed by atoms with E-state index >= 15 is 0 Å². The Morgan fingerprint density at radius 1 is 1.12 bits per heavy atom. The molecule has 0 saturated carbocycles. The summed E-state index contributed by atoms with van der Waals surface area (Å²) < 4.78 is 5.89. The molecule has 25 heavy (non-hydrogen) atoms. The van der Waals surface area contributed by atoms with Crippen LogP contribution in [-0.2, 0) is 0 Å². The van der Waals surface area contributed by atoms with Crippen LogP contribution in [0.3, 0.4) is 0 Å². The van der Waals surface area contributed by atoms with Crippen LogP contribution in [0.4, 0.5) is 0 Å². The second kappa shape index (κ2) is 6.72. The molecule has 0 bridgehead atoms. The first-order valence-corrected chi connectivity index (χ1v) is 8.13. The Bertz CT molecular complexity index is 850. The van der Waals surface area contributed by atoms with Gasteiger partial charge in [-0.1, -0.05) is 18.2 Å². The van der Waals surface area contributed by atoms with Gasteiger partial charge in [0, 0.05) is 25.4 Å². The van der Waals surface area contributed by atoms with Crippen LogP contribution in [0.2, 0.25) is 0 Å². The lowest BCUT2D eigenvalue weighted by Gasteiger charge is -2.16. The Kier molecular flexibility index (Phi) is 4.12. The molecule has 1 aromatic carbocycles. The van der Waals surface area contributed by atoms with Gasteiger partial charge in [0.1, 0.15) is 11.9 Å². The minimum atomic E-state index is -0.122. The zero-order valence-electron chi connectivity index (χ0n) is 13.5. The Hall–Kier alpha value is -3.22. The van der Waals surface area contributed by atoms with Crippen molar-refractivity contribution in [1.29, 1.82) is 0 Å². The number of amides is 1. The third kappa shape index (κ3) is 3.35. The van der Waals surface area contributed by atoms with E-state index in [2.05, 4.69) is 15.2 Å². The van der Waals surface area contributed by atoms with E-state index in [0.717, 1.165) is 17.9 Å². The maximum Gasteiger partial charge on any atom is 0.276 e. The quantitative estimate of drug-likeness (QED) is 0.729. The van der Waals surface area contributed by atoms with Crippen molar-refractivity contribution in [3.05, 3.63) is 66.7 Å². The minimum Gasteiger partial charge on any atom is -0.488 e. The fraction of sp³-hybridized carbons (Fsp3) is 0.222. The van der Waals surface area contributed by atoms with Gasteiger partial charge in [0.25, 0.3) is 5.91 Å². The number of benzene rings is 1. The molecule has 0 N–H and O–H groups in total. The van der Waals surface area contributed by atoms with Crippen molar-refractivity contribution in [3.8, 4) is 11.4 Å². The third-order valence-corrected chi connectivity index (χ3v) is 4.08. The molecule has 2 aromatic heterocycles. The highest BCUT2D eigenvalue weighted by Gasteiger charge is 2.29. The summed E-state index contributed by atoms with van der Waals surface area (Å²) in [6.45, 7) is 1.19. The minimum absolute atomic E-state index is 0.0180. The van der Waals surface area contributed by atoms with Crippen LogP contribution in [0, 0.1) is 0 Å². The Morgan fingerprint density at radius 2 is 1.92 bits per heavy atom. The number of likely N-dealkylation sites (tertiary alicyclic amines) is 1. The zero-order valence-corrected chi connectivity index (χ0v) is 13.5. The van der Waals surface area contributed by atoms with Crippen LogP contribution < -0.4 is 4.74 Å². The van der Waals surface area contributed by atoms with Gasteiger partial charge < -0.3 is 9.64 Å². The molecule has 1 aliphatic rings. The number of pyridine rings is 1. The van der Waals surface area contributed by atoms with E-state index in [4.69, 9.17) is 4.74 Å². The summed E-state index contributed by atoms with van der Waals surface area (Å²) in [4.78, 5) is 19.8. The summed E-state index contributed by atoms with van der Waals surface area (Å²) in [5, 5.41) is 8.48. The molecular formula is C18H17N5O2. The summed E-state index contributed by atoms with van der Waals surface area (Å²) in [7, 11) is 0. The second-order valence-electron chi connectivity index (χ2n) is 5.82. The molecule has 3 heterocycles. The summed E-state index contributed by atoms with van der Waals surface area (Å²) in [5.74, 6) is 0.646. The Labute approximate surface area is 144 Å². The maximum atomic E-state index is 12.6. The molecule has 0 unspecified atom stereocenters. The van der Waals surface area contributed by atoms with Crippen LogP contribution in [0.25, 0.3) is 5.69 Å². The molecule has 1 saturated heterocycles. The lowest BCUT2D eigenvalue weighted by Crippen LogP contribution is -2.31. The molecule has 7 heteroatoms. The second-order valence-corrected chi connectivity index (χ2v) is 5.82. The molecule has 7 nitrogen and oxygen atoms in total. The molecule has 0 spiro atoms. The lowest BCUT2D eigenvalue weighted by atomic mass is 10.3.